The molecular formula is C64H54N2. The summed E-state index contributed by atoms with van der Waals surface area (Å²) in [5.41, 5.74) is 21.0. The first-order valence-corrected chi connectivity index (χ1v) is 23.2. The summed E-state index contributed by atoms with van der Waals surface area (Å²) in [4.78, 5) is 4.96. The van der Waals surface area contributed by atoms with Crippen molar-refractivity contribution in [2.45, 2.75) is 40.0 Å². The van der Waals surface area contributed by atoms with Crippen LogP contribution in [0.3, 0.4) is 0 Å². The van der Waals surface area contributed by atoms with Crippen LogP contribution < -0.4 is 9.80 Å². The highest BCUT2D eigenvalue weighted by atomic mass is 15.2. The third-order valence-corrected chi connectivity index (χ3v) is 13.1. The zero-order valence-electron chi connectivity index (χ0n) is 38.0. The lowest BCUT2D eigenvalue weighted by atomic mass is 9.90. The number of benzene rings is 9. The van der Waals surface area contributed by atoms with E-state index in [0.29, 0.717) is 0 Å². The predicted molar refractivity (Wildman–Crippen MR) is 283 cm³/mol. The van der Waals surface area contributed by atoms with Crippen LogP contribution in [0.25, 0.3) is 44.7 Å². The molecule has 0 fully saturated rings. The SMILES string of the molecule is C/C=C\c1cc(N(c2ccc(-c3ccccc3)cc2)c2cccc3ccccc23)cc(C)c1Cc1c(C)cccc1N(C1=CC=C(c2ccccc2)CC1)c1ccc(-c2ccccc2)cc1. The van der Waals surface area contributed by atoms with Gasteiger partial charge >= 0.3 is 0 Å². The van der Waals surface area contributed by atoms with Crippen LogP contribution in [-0.4, -0.2) is 0 Å². The molecule has 0 heterocycles. The maximum absolute atomic E-state index is 2.52. The molecule has 0 atom stereocenters. The highest BCUT2D eigenvalue weighted by Gasteiger charge is 2.24. The molecule has 0 saturated carbocycles. The maximum Gasteiger partial charge on any atom is 0.0540 e. The number of fused-ring (bicyclic) bond motifs is 1. The van der Waals surface area contributed by atoms with E-state index < -0.39 is 0 Å². The first kappa shape index (κ1) is 42.0. The smallest absolute Gasteiger partial charge is 0.0540 e. The summed E-state index contributed by atoms with van der Waals surface area (Å²) in [6.45, 7) is 6.70. The highest BCUT2D eigenvalue weighted by Crippen LogP contribution is 2.44. The molecule has 9 aromatic rings. The molecule has 0 saturated heterocycles. The fourth-order valence-electron chi connectivity index (χ4n) is 9.69. The van der Waals surface area contributed by atoms with Crippen molar-refractivity contribution in [3.05, 3.63) is 270 Å². The summed E-state index contributed by atoms with van der Waals surface area (Å²) >= 11 is 0. The van der Waals surface area contributed by atoms with Crippen LogP contribution >= 0.6 is 0 Å². The Bertz CT molecular complexity index is 3210. The van der Waals surface area contributed by atoms with Gasteiger partial charge in [-0.2, -0.15) is 0 Å². The van der Waals surface area contributed by atoms with Gasteiger partial charge in [0.1, 0.15) is 0 Å². The average Bonchev–Trinajstić information content (AvgIpc) is 3.37. The maximum atomic E-state index is 2.52. The topological polar surface area (TPSA) is 6.48 Å². The first-order valence-electron chi connectivity index (χ1n) is 23.2. The van der Waals surface area contributed by atoms with Crippen molar-refractivity contribution in [3.8, 4) is 22.3 Å². The number of hydrogen-bond acceptors (Lipinski definition) is 2. The summed E-state index contributed by atoms with van der Waals surface area (Å²) in [5.74, 6) is 0. The standard InChI is InChI=1S/C64H54N2/c1-4-18-55-44-59(66(63-30-17-27-54-26-14-15-28-60(54)63)58-41-35-53(36-42-58)50-24-12-7-13-25-50)43-47(3)61(55)45-62-46(2)19-16-29-64(62)65(56-37-31-51(32-38-56)48-20-8-5-9-21-48)57-39-33-52(34-40-57)49-22-10-6-11-23-49/h4-33,35-39,41-44H,34,40,45H2,1-3H3/b18-4-. The van der Waals surface area contributed by atoms with Crippen molar-refractivity contribution >= 4 is 50.9 Å². The molecule has 0 aromatic heterocycles. The third kappa shape index (κ3) is 8.66. The Labute approximate surface area is 390 Å². The van der Waals surface area contributed by atoms with Crippen LogP contribution in [-0.2, 0) is 6.42 Å². The summed E-state index contributed by atoms with van der Waals surface area (Å²) in [6.07, 6.45) is 11.9. The van der Waals surface area contributed by atoms with Gasteiger partial charge in [-0.3, -0.25) is 0 Å². The summed E-state index contributed by atoms with van der Waals surface area (Å²) in [6, 6.07) is 77.2. The van der Waals surface area contributed by atoms with Crippen LogP contribution in [0.1, 0.15) is 53.1 Å². The molecule has 0 aliphatic heterocycles. The zero-order valence-corrected chi connectivity index (χ0v) is 38.0. The largest absolute Gasteiger partial charge is 0.314 e. The van der Waals surface area contributed by atoms with Gasteiger partial charge in [0.2, 0.25) is 0 Å². The molecule has 2 heteroatoms. The fraction of sp³-hybridized carbons (Fsp3) is 0.0938. The van der Waals surface area contributed by atoms with Crippen molar-refractivity contribution in [2.75, 3.05) is 9.80 Å². The van der Waals surface area contributed by atoms with Crippen molar-refractivity contribution < 1.29 is 0 Å². The summed E-state index contributed by atoms with van der Waals surface area (Å²) in [7, 11) is 0. The Morgan fingerprint density at radius 2 is 0.970 bits per heavy atom. The summed E-state index contributed by atoms with van der Waals surface area (Å²) < 4.78 is 0. The molecule has 0 bridgehead atoms. The number of hydrogen-bond donors (Lipinski definition) is 0. The molecule has 9 aromatic carbocycles. The van der Waals surface area contributed by atoms with E-state index in [9.17, 15) is 0 Å². The molecule has 0 amide bonds. The van der Waals surface area contributed by atoms with E-state index in [1.54, 1.807) is 0 Å². The molecule has 0 N–H and O–H groups in total. The quantitative estimate of drug-likeness (QED) is 0.121. The first-order chi connectivity index (χ1) is 32.5. The van der Waals surface area contributed by atoms with E-state index in [1.165, 1.54) is 83.4 Å². The second kappa shape index (κ2) is 19.0. The molecule has 2 nitrogen and oxygen atoms in total. The van der Waals surface area contributed by atoms with E-state index in [2.05, 4.69) is 267 Å². The monoisotopic (exact) mass is 850 g/mol. The minimum atomic E-state index is 0.783. The van der Waals surface area contributed by atoms with E-state index >= 15 is 0 Å². The van der Waals surface area contributed by atoms with Gasteiger partial charge in [-0.05, 0) is 155 Å². The predicted octanol–water partition coefficient (Wildman–Crippen LogP) is 17.8. The van der Waals surface area contributed by atoms with Crippen molar-refractivity contribution in [1.82, 2.24) is 0 Å². The average molecular weight is 851 g/mol. The number of rotatable bonds is 12. The van der Waals surface area contributed by atoms with Gasteiger partial charge in [-0.1, -0.05) is 182 Å². The van der Waals surface area contributed by atoms with Gasteiger partial charge in [0.15, 0.2) is 0 Å². The molecule has 0 radical (unpaired) electrons. The molecule has 0 unspecified atom stereocenters. The van der Waals surface area contributed by atoms with E-state index in [4.69, 9.17) is 0 Å². The van der Waals surface area contributed by atoms with Gasteiger partial charge in [0.25, 0.3) is 0 Å². The minimum absolute atomic E-state index is 0.783. The lowest BCUT2D eigenvalue weighted by molar-refractivity contribution is 0.923. The normalized spacial score (nSPS) is 12.5. The number of aryl methyl sites for hydroxylation is 2. The van der Waals surface area contributed by atoms with Crippen LogP contribution in [0.15, 0.2) is 236 Å². The molecule has 0 spiro atoms. The Kier molecular flexibility index (Phi) is 12.1. The van der Waals surface area contributed by atoms with Gasteiger partial charge in [0.05, 0.1) is 5.69 Å². The third-order valence-electron chi connectivity index (χ3n) is 13.1. The van der Waals surface area contributed by atoms with E-state index in [1.807, 2.05) is 0 Å². The van der Waals surface area contributed by atoms with Gasteiger partial charge in [-0.15, -0.1) is 0 Å². The van der Waals surface area contributed by atoms with Gasteiger partial charge in [0, 0.05) is 40.3 Å². The number of anilines is 5. The van der Waals surface area contributed by atoms with E-state index in [0.717, 1.165) is 42.0 Å². The molecule has 1 aliphatic carbocycles. The second-order valence-electron chi connectivity index (χ2n) is 17.3. The molecule has 10 rings (SSSR count). The Morgan fingerprint density at radius 3 is 1.59 bits per heavy atom. The van der Waals surface area contributed by atoms with Crippen molar-refractivity contribution in [2.24, 2.45) is 0 Å². The number of nitrogens with zero attached hydrogens (tertiary/aromatic N) is 2. The lowest BCUT2D eigenvalue weighted by Crippen LogP contribution is -2.20. The summed E-state index contributed by atoms with van der Waals surface area (Å²) in [5, 5.41) is 2.43. The fourth-order valence-corrected chi connectivity index (χ4v) is 9.69. The lowest BCUT2D eigenvalue weighted by Gasteiger charge is -2.33. The Balaban J connectivity index is 1.08. The van der Waals surface area contributed by atoms with Crippen LogP contribution in [0.5, 0.6) is 0 Å². The van der Waals surface area contributed by atoms with Crippen molar-refractivity contribution in [1.29, 1.82) is 0 Å². The molecule has 320 valence electrons. The Morgan fingerprint density at radius 1 is 0.424 bits per heavy atom. The van der Waals surface area contributed by atoms with Crippen LogP contribution in [0.4, 0.5) is 28.4 Å². The molecular weight excluding hydrogens is 797 g/mol. The molecule has 66 heavy (non-hydrogen) atoms. The molecule has 1 aliphatic rings. The van der Waals surface area contributed by atoms with Gasteiger partial charge in [-0.25, -0.2) is 0 Å². The second-order valence-corrected chi connectivity index (χ2v) is 17.3. The van der Waals surface area contributed by atoms with Crippen LogP contribution in [0.2, 0.25) is 0 Å². The van der Waals surface area contributed by atoms with Gasteiger partial charge < -0.3 is 9.80 Å². The zero-order chi connectivity index (χ0) is 44.8. The minimum Gasteiger partial charge on any atom is -0.314 e. The highest BCUT2D eigenvalue weighted by molar-refractivity contribution is 5.99. The number of allylic oxidation sites excluding steroid dienone is 5. The van der Waals surface area contributed by atoms with Crippen molar-refractivity contribution in [3.63, 3.8) is 0 Å². The van der Waals surface area contributed by atoms with E-state index in [-0.39, 0.29) is 0 Å². The Hall–Kier alpha value is -7.94. The van der Waals surface area contributed by atoms with Crippen LogP contribution in [0, 0.1) is 13.8 Å².